The monoisotopic (exact) mass is 428 g/mol. The number of fused-ring (bicyclic) bond motifs is 3. The fraction of sp³-hybridized carbons (Fsp3) is 0.250. The Morgan fingerprint density at radius 2 is 1.90 bits per heavy atom. The number of para-hydroxylation sites is 2. The van der Waals surface area contributed by atoms with Crippen molar-refractivity contribution in [2.24, 2.45) is 4.99 Å². The zero-order chi connectivity index (χ0) is 20.7. The summed E-state index contributed by atoms with van der Waals surface area (Å²) in [6, 6.07) is 10.7. The molecule has 0 bridgehead atoms. The molecule has 0 unspecified atom stereocenters. The lowest BCUT2D eigenvalue weighted by Gasteiger charge is -2.23. The number of benzene rings is 2. The molecule has 5 rings (SSSR count). The quantitative estimate of drug-likeness (QED) is 0.588. The SMILES string of the molecule is COC(=O)Cn1c(=NC(=O)[C@@H]2COc3ccccc3O2)sc2cc3c(cc21)OCO3. The second-order valence-corrected chi connectivity index (χ2v) is 7.54. The van der Waals surface area contributed by atoms with Gasteiger partial charge in [-0.3, -0.25) is 9.59 Å². The van der Waals surface area contributed by atoms with Crippen LogP contribution in [-0.4, -0.2) is 43.1 Å². The lowest BCUT2D eigenvalue weighted by atomic mass is 10.2. The van der Waals surface area contributed by atoms with E-state index in [1.54, 1.807) is 34.9 Å². The first-order valence-corrected chi connectivity index (χ1v) is 9.91. The Balaban J connectivity index is 1.54. The van der Waals surface area contributed by atoms with Gasteiger partial charge in [0.05, 0.1) is 17.3 Å². The second kappa shape index (κ2) is 7.38. The molecule has 2 aliphatic heterocycles. The van der Waals surface area contributed by atoms with Gasteiger partial charge in [-0.1, -0.05) is 23.5 Å². The van der Waals surface area contributed by atoms with E-state index in [1.807, 2.05) is 6.07 Å². The van der Waals surface area contributed by atoms with E-state index in [9.17, 15) is 9.59 Å². The van der Waals surface area contributed by atoms with E-state index in [0.717, 1.165) is 4.70 Å². The predicted molar refractivity (Wildman–Crippen MR) is 105 cm³/mol. The molecule has 10 heteroatoms. The van der Waals surface area contributed by atoms with Crippen LogP contribution in [0.3, 0.4) is 0 Å². The molecule has 0 N–H and O–H groups in total. The highest BCUT2D eigenvalue weighted by atomic mass is 32.1. The molecule has 0 radical (unpaired) electrons. The molecule has 1 amide bonds. The minimum Gasteiger partial charge on any atom is -0.485 e. The third-order valence-electron chi connectivity index (χ3n) is 4.68. The summed E-state index contributed by atoms with van der Waals surface area (Å²) < 4.78 is 29.4. The van der Waals surface area contributed by atoms with Gasteiger partial charge in [-0.2, -0.15) is 4.99 Å². The maximum atomic E-state index is 12.8. The van der Waals surface area contributed by atoms with Gasteiger partial charge in [-0.25, -0.2) is 0 Å². The first-order valence-electron chi connectivity index (χ1n) is 9.09. The first-order chi connectivity index (χ1) is 14.6. The van der Waals surface area contributed by atoms with Crippen LogP contribution in [0.5, 0.6) is 23.0 Å². The standard InChI is InChI=1S/C20H16N2O7S/c1-25-18(23)8-22-11-6-14-15(28-10-27-14)7-17(11)30-20(22)21-19(24)16-9-26-12-4-2-3-5-13(12)29-16/h2-7,16H,8-10H2,1H3/t16-/m0/s1. The van der Waals surface area contributed by atoms with Crippen LogP contribution in [0.25, 0.3) is 10.2 Å². The molecule has 2 aromatic carbocycles. The number of hydrogen-bond acceptors (Lipinski definition) is 8. The van der Waals surface area contributed by atoms with Crippen molar-refractivity contribution in [2.45, 2.75) is 12.6 Å². The molecule has 0 fully saturated rings. The van der Waals surface area contributed by atoms with Crippen LogP contribution in [-0.2, 0) is 20.9 Å². The molecule has 2 aliphatic rings. The van der Waals surface area contributed by atoms with Crippen LogP contribution >= 0.6 is 11.3 Å². The Morgan fingerprint density at radius 1 is 1.13 bits per heavy atom. The number of aromatic nitrogens is 1. The number of rotatable bonds is 3. The van der Waals surface area contributed by atoms with Gasteiger partial charge in [0.15, 0.2) is 27.8 Å². The second-order valence-electron chi connectivity index (χ2n) is 6.53. The number of ether oxygens (including phenoxy) is 5. The number of carbonyl (C=O) groups excluding carboxylic acids is 2. The zero-order valence-electron chi connectivity index (χ0n) is 15.8. The van der Waals surface area contributed by atoms with Gasteiger partial charge in [0, 0.05) is 12.1 Å². The summed E-state index contributed by atoms with van der Waals surface area (Å²) >= 11 is 1.26. The van der Waals surface area contributed by atoms with Crippen LogP contribution in [0.15, 0.2) is 41.4 Å². The fourth-order valence-corrected chi connectivity index (χ4v) is 4.24. The largest absolute Gasteiger partial charge is 0.485 e. The zero-order valence-corrected chi connectivity index (χ0v) is 16.6. The van der Waals surface area contributed by atoms with E-state index in [2.05, 4.69) is 4.99 Å². The number of methoxy groups -OCH3 is 1. The molecule has 3 aromatic rings. The average molecular weight is 428 g/mol. The van der Waals surface area contributed by atoms with Gasteiger partial charge in [0.25, 0.3) is 5.91 Å². The minimum absolute atomic E-state index is 0.0528. The van der Waals surface area contributed by atoms with Crippen LogP contribution in [0.1, 0.15) is 0 Å². The van der Waals surface area contributed by atoms with Crippen molar-refractivity contribution in [1.82, 2.24) is 4.57 Å². The number of thiazole rings is 1. The summed E-state index contributed by atoms with van der Waals surface area (Å²) in [5, 5.41) is 0. The number of nitrogens with zero attached hydrogens (tertiary/aromatic N) is 2. The Hall–Kier alpha value is -3.53. The minimum atomic E-state index is -0.881. The van der Waals surface area contributed by atoms with Gasteiger partial charge < -0.3 is 28.3 Å². The molecule has 1 aromatic heterocycles. The van der Waals surface area contributed by atoms with Gasteiger partial charge in [-0.15, -0.1) is 0 Å². The highest BCUT2D eigenvalue weighted by molar-refractivity contribution is 7.16. The number of hydrogen-bond donors (Lipinski definition) is 0. The van der Waals surface area contributed by atoms with Crippen LogP contribution in [0.2, 0.25) is 0 Å². The van der Waals surface area contributed by atoms with Crippen molar-refractivity contribution in [3.05, 3.63) is 41.2 Å². The van der Waals surface area contributed by atoms with Crippen LogP contribution < -0.4 is 23.7 Å². The Bertz CT molecular complexity index is 1230. The van der Waals surface area contributed by atoms with Crippen molar-refractivity contribution >= 4 is 33.4 Å². The Kier molecular flexibility index (Phi) is 4.55. The molecule has 9 nitrogen and oxygen atoms in total. The van der Waals surface area contributed by atoms with Crippen molar-refractivity contribution in [2.75, 3.05) is 20.5 Å². The maximum absolute atomic E-state index is 12.8. The van der Waals surface area contributed by atoms with E-state index in [4.69, 9.17) is 23.7 Å². The molecule has 0 aliphatic carbocycles. The van der Waals surface area contributed by atoms with E-state index in [-0.39, 0.29) is 19.9 Å². The predicted octanol–water partition coefficient (Wildman–Crippen LogP) is 1.87. The van der Waals surface area contributed by atoms with Gasteiger partial charge >= 0.3 is 5.97 Å². The van der Waals surface area contributed by atoms with Crippen molar-refractivity contribution in [3.8, 4) is 23.0 Å². The molecule has 1 atom stereocenters. The highest BCUT2D eigenvalue weighted by Gasteiger charge is 2.27. The Labute approximate surface area is 174 Å². The third-order valence-corrected chi connectivity index (χ3v) is 5.72. The molecular formula is C20H16N2O7S. The topological polar surface area (TPSA) is 97.6 Å². The van der Waals surface area contributed by atoms with E-state index >= 15 is 0 Å². The summed E-state index contributed by atoms with van der Waals surface area (Å²) in [6.07, 6.45) is -0.881. The average Bonchev–Trinajstić information content (AvgIpc) is 3.35. The molecule has 0 spiro atoms. The molecular weight excluding hydrogens is 412 g/mol. The van der Waals surface area contributed by atoms with Gasteiger partial charge in [0.2, 0.25) is 12.9 Å². The maximum Gasteiger partial charge on any atom is 0.325 e. The Morgan fingerprint density at radius 3 is 2.70 bits per heavy atom. The molecule has 3 heterocycles. The smallest absolute Gasteiger partial charge is 0.325 e. The fourth-order valence-electron chi connectivity index (χ4n) is 3.20. The molecule has 0 saturated carbocycles. The summed E-state index contributed by atoms with van der Waals surface area (Å²) in [7, 11) is 1.30. The van der Waals surface area contributed by atoms with Gasteiger partial charge in [0.1, 0.15) is 13.2 Å². The number of carbonyl (C=O) groups is 2. The normalized spacial score (nSPS) is 17.2. The molecule has 30 heavy (non-hydrogen) atoms. The van der Waals surface area contributed by atoms with Crippen molar-refractivity contribution < 1.29 is 33.3 Å². The first kappa shape index (κ1) is 18.5. The number of esters is 1. The summed E-state index contributed by atoms with van der Waals surface area (Å²) in [5.41, 5.74) is 0.687. The van der Waals surface area contributed by atoms with Crippen LogP contribution in [0.4, 0.5) is 0 Å². The van der Waals surface area contributed by atoms with E-state index < -0.39 is 18.0 Å². The van der Waals surface area contributed by atoms with Crippen molar-refractivity contribution in [3.63, 3.8) is 0 Å². The van der Waals surface area contributed by atoms with Gasteiger partial charge in [-0.05, 0) is 12.1 Å². The van der Waals surface area contributed by atoms with Crippen molar-refractivity contribution in [1.29, 1.82) is 0 Å². The lowest BCUT2D eigenvalue weighted by molar-refractivity contribution is -0.141. The van der Waals surface area contributed by atoms with E-state index in [0.29, 0.717) is 33.3 Å². The highest BCUT2D eigenvalue weighted by Crippen LogP contribution is 2.37. The molecule has 0 saturated heterocycles. The van der Waals surface area contributed by atoms with Crippen LogP contribution in [0, 0.1) is 0 Å². The van der Waals surface area contributed by atoms with E-state index in [1.165, 1.54) is 18.4 Å². The molecule has 154 valence electrons. The summed E-state index contributed by atoms with van der Waals surface area (Å²) in [4.78, 5) is 29.4. The third kappa shape index (κ3) is 3.24. The summed E-state index contributed by atoms with van der Waals surface area (Å²) in [5.74, 6) is 1.27. The summed E-state index contributed by atoms with van der Waals surface area (Å²) in [6.45, 7) is 0.0875. The number of amides is 1. The lowest BCUT2D eigenvalue weighted by Crippen LogP contribution is -2.37.